The van der Waals surface area contributed by atoms with Gasteiger partial charge in [-0.1, -0.05) is 66.2 Å². The van der Waals surface area contributed by atoms with Crippen LogP contribution in [0.1, 0.15) is 39.0 Å². The molecule has 1 N–H and O–H groups in total. The van der Waals surface area contributed by atoms with Gasteiger partial charge in [-0.3, -0.25) is 14.3 Å². The summed E-state index contributed by atoms with van der Waals surface area (Å²) in [6.45, 7) is 5.57. The van der Waals surface area contributed by atoms with Gasteiger partial charge in [0.05, 0.1) is 23.6 Å². The van der Waals surface area contributed by atoms with Crippen molar-refractivity contribution < 1.29 is 14.3 Å². The zero-order valence-corrected chi connectivity index (χ0v) is 23.2. The quantitative estimate of drug-likeness (QED) is 0.275. The van der Waals surface area contributed by atoms with Crippen LogP contribution < -0.4 is 10.9 Å². The Morgan fingerprint density at radius 1 is 0.854 bits per heavy atom. The van der Waals surface area contributed by atoms with Crippen molar-refractivity contribution in [3.63, 3.8) is 0 Å². The highest BCUT2D eigenvalue weighted by atomic mass is 16.5. The normalized spacial score (nSPS) is 10.8. The number of aromatic nitrogens is 4. The van der Waals surface area contributed by atoms with Gasteiger partial charge in [0.15, 0.2) is 11.5 Å². The van der Waals surface area contributed by atoms with Crippen LogP contribution in [0.4, 0.5) is 5.82 Å². The predicted octanol–water partition coefficient (Wildman–Crippen LogP) is 5.35. The van der Waals surface area contributed by atoms with Gasteiger partial charge in [0.2, 0.25) is 0 Å². The second-order valence-corrected chi connectivity index (χ2v) is 9.46. The summed E-state index contributed by atoms with van der Waals surface area (Å²) in [6, 6.07) is 25.4. The summed E-state index contributed by atoms with van der Waals surface area (Å²) in [6.07, 6.45) is 0. The lowest BCUT2D eigenvalue weighted by Gasteiger charge is -2.15. The third-order valence-corrected chi connectivity index (χ3v) is 6.75. The summed E-state index contributed by atoms with van der Waals surface area (Å²) in [5, 5.41) is 2.73. The number of esters is 1. The first-order valence-corrected chi connectivity index (χ1v) is 13.2. The molecule has 0 radical (unpaired) electrons. The van der Waals surface area contributed by atoms with Crippen molar-refractivity contribution in [2.24, 2.45) is 7.05 Å². The molecule has 2 heterocycles. The molecule has 5 aromatic rings. The smallest absolute Gasteiger partial charge is 0.360 e. The highest BCUT2D eigenvalue weighted by molar-refractivity contribution is 6.07. The van der Waals surface area contributed by atoms with Crippen molar-refractivity contribution in [2.75, 3.05) is 11.9 Å². The summed E-state index contributed by atoms with van der Waals surface area (Å²) in [5.74, 6) is -1.32. The lowest BCUT2D eigenvalue weighted by molar-refractivity contribution is 0.0520. The monoisotopic (exact) mass is 547 g/mol. The molecule has 0 fully saturated rings. The van der Waals surface area contributed by atoms with E-state index in [9.17, 15) is 14.4 Å². The molecule has 1 amide bonds. The molecular formula is C32H29N5O4. The number of amides is 1. The van der Waals surface area contributed by atoms with Gasteiger partial charge in [-0.2, -0.15) is 0 Å². The van der Waals surface area contributed by atoms with Gasteiger partial charge in [-0.15, -0.1) is 0 Å². The molecule has 206 valence electrons. The maximum Gasteiger partial charge on any atom is 0.360 e. The molecule has 3 aromatic carbocycles. The number of carbonyl (C=O) groups excluding carboxylic acids is 2. The molecule has 0 unspecified atom stereocenters. The van der Waals surface area contributed by atoms with Crippen molar-refractivity contribution in [3.05, 3.63) is 118 Å². The number of carbonyl (C=O) groups is 2. The molecule has 0 bridgehead atoms. The number of hydrogen-bond donors (Lipinski definition) is 1. The third kappa shape index (κ3) is 5.29. The Kier molecular flexibility index (Phi) is 7.60. The number of nitrogens with one attached hydrogen (secondary N) is 1. The number of benzene rings is 3. The Balaban J connectivity index is 1.79. The summed E-state index contributed by atoms with van der Waals surface area (Å²) in [4.78, 5) is 49.7. The Hall–Kier alpha value is -5.31. The van der Waals surface area contributed by atoms with Crippen LogP contribution >= 0.6 is 0 Å². The van der Waals surface area contributed by atoms with E-state index in [-0.39, 0.29) is 29.4 Å². The van der Waals surface area contributed by atoms with Gasteiger partial charge >= 0.3 is 5.97 Å². The van der Waals surface area contributed by atoms with E-state index >= 15 is 0 Å². The van der Waals surface area contributed by atoms with E-state index in [4.69, 9.17) is 14.7 Å². The van der Waals surface area contributed by atoms with Crippen molar-refractivity contribution in [3.8, 4) is 28.2 Å². The fourth-order valence-electron chi connectivity index (χ4n) is 4.56. The molecule has 0 saturated heterocycles. The van der Waals surface area contributed by atoms with Crippen molar-refractivity contribution >= 4 is 17.7 Å². The molecule has 41 heavy (non-hydrogen) atoms. The van der Waals surface area contributed by atoms with E-state index in [0.717, 1.165) is 5.56 Å². The Morgan fingerprint density at radius 3 is 2.12 bits per heavy atom. The molecule has 0 atom stereocenters. The number of nitrogens with zero attached hydrogens (tertiary/aromatic N) is 4. The average Bonchev–Trinajstić information content (AvgIpc) is 3.21. The highest BCUT2D eigenvalue weighted by Crippen LogP contribution is 2.33. The Bertz CT molecular complexity index is 1790. The zero-order chi connectivity index (χ0) is 29.1. The Labute approximate surface area is 237 Å². The molecule has 0 aliphatic rings. The average molecular weight is 548 g/mol. The van der Waals surface area contributed by atoms with Crippen LogP contribution in [-0.4, -0.2) is 37.8 Å². The zero-order valence-electron chi connectivity index (χ0n) is 23.2. The minimum absolute atomic E-state index is 0.0999. The summed E-state index contributed by atoms with van der Waals surface area (Å²) < 4.78 is 8.57. The van der Waals surface area contributed by atoms with Gasteiger partial charge in [0.25, 0.3) is 11.5 Å². The Morgan fingerprint density at radius 2 is 1.49 bits per heavy atom. The third-order valence-electron chi connectivity index (χ3n) is 6.75. The molecule has 0 saturated carbocycles. The van der Waals surface area contributed by atoms with E-state index < -0.39 is 11.9 Å². The van der Waals surface area contributed by atoms with E-state index in [1.54, 1.807) is 53.7 Å². The fraction of sp³-hybridized carbons (Fsp3) is 0.156. The fourth-order valence-corrected chi connectivity index (χ4v) is 4.56. The molecule has 9 heteroatoms. The van der Waals surface area contributed by atoms with Crippen molar-refractivity contribution in [1.82, 2.24) is 19.3 Å². The number of aryl methyl sites for hydroxylation is 1. The standard InChI is InChI=1S/C32H29N5O4/c1-5-41-32(40)28-29(35-30(38)23-12-8-6-9-13-23)34-27(26(33-28)22-18-16-20(2)17-19-22)25-21(3)36(4)37(31(25)39)24-14-10-7-11-15-24/h6-19H,5H2,1-4H3,(H,34,35,38). The molecule has 0 spiro atoms. The van der Waals surface area contributed by atoms with Crippen LogP contribution in [0, 0.1) is 13.8 Å². The maximum absolute atomic E-state index is 14.0. The van der Waals surface area contributed by atoms with Crippen LogP contribution in [0.25, 0.3) is 28.2 Å². The first-order valence-electron chi connectivity index (χ1n) is 13.2. The summed E-state index contributed by atoms with van der Waals surface area (Å²) >= 11 is 0. The summed E-state index contributed by atoms with van der Waals surface area (Å²) in [5.41, 5.74) is 3.73. The maximum atomic E-state index is 14.0. The largest absolute Gasteiger partial charge is 0.461 e. The highest BCUT2D eigenvalue weighted by Gasteiger charge is 2.28. The van der Waals surface area contributed by atoms with Crippen molar-refractivity contribution in [1.29, 1.82) is 0 Å². The molecule has 5 rings (SSSR count). The second kappa shape index (κ2) is 11.4. The van der Waals surface area contributed by atoms with Crippen LogP contribution in [0.15, 0.2) is 89.7 Å². The van der Waals surface area contributed by atoms with Crippen LogP contribution in [0.5, 0.6) is 0 Å². The second-order valence-electron chi connectivity index (χ2n) is 9.46. The van der Waals surface area contributed by atoms with Gasteiger partial charge in [0.1, 0.15) is 5.69 Å². The first kappa shape index (κ1) is 27.3. The number of rotatable bonds is 7. The van der Waals surface area contributed by atoms with Crippen LogP contribution in [0.2, 0.25) is 0 Å². The number of ether oxygens (including phenoxy) is 1. The van der Waals surface area contributed by atoms with Gasteiger partial charge in [-0.05, 0) is 45.0 Å². The molecule has 2 aromatic heterocycles. The molecule has 0 aliphatic heterocycles. The number of hydrogen-bond acceptors (Lipinski definition) is 6. The van der Waals surface area contributed by atoms with Gasteiger partial charge in [0, 0.05) is 23.9 Å². The van der Waals surface area contributed by atoms with Crippen LogP contribution in [-0.2, 0) is 11.8 Å². The SMILES string of the molecule is CCOC(=O)c1nc(-c2ccc(C)cc2)c(-c2c(C)n(C)n(-c3ccccc3)c2=O)nc1NC(=O)c1ccccc1. The molecule has 9 nitrogen and oxygen atoms in total. The molecule has 0 aliphatic carbocycles. The van der Waals surface area contributed by atoms with E-state index in [2.05, 4.69) is 5.32 Å². The first-order chi connectivity index (χ1) is 19.8. The number of anilines is 1. The van der Waals surface area contributed by atoms with Crippen molar-refractivity contribution in [2.45, 2.75) is 20.8 Å². The topological polar surface area (TPSA) is 108 Å². The van der Waals surface area contributed by atoms with E-state index in [1.165, 1.54) is 0 Å². The lowest BCUT2D eigenvalue weighted by atomic mass is 10.0. The molecular weight excluding hydrogens is 518 g/mol. The van der Waals surface area contributed by atoms with E-state index in [0.29, 0.717) is 33.8 Å². The van der Waals surface area contributed by atoms with Crippen LogP contribution in [0.3, 0.4) is 0 Å². The lowest BCUT2D eigenvalue weighted by Crippen LogP contribution is -2.22. The van der Waals surface area contributed by atoms with Gasteiger partial charge < -0.3 is 10.1 Å². The minimum atomic E-state index is -0.741. The van der Waals surface area contributed by atoms with E-state index in [1.807, 2.05) is 68.4 Å². The predicted molar refractivity (Wildman–Crippen MR) is 157 cm³/mol. The van der Waals surface area contributed by atoms with Gasteiger partial charge in [-0.25, -0.2) is 19.4 Å². The summed E-state index contributed by atoms with van der Waals surface area (Å²) in [7, 11) is 1.79. The number of para-hydroxylation sites is 1. The minimum Gasteiger partial charge on any atom is -0.461 e.